The molecule has 2 aliphatic rings. The van der Waals surface area contributed by atoms with Gasteiger partial charge in [0, 0.05) is 0 Å². The molecule has 2 unspecified atom stereocenters. The molecule has 2 heterocycles. The Labute approximate surface area is 274 Å². The van der Waals surface area contributed by atoms with Gasteiger partial charge in [0.25, 0.3) is 0 Å². The zero-order chi connectivity index (χ0) is 27.8. The van der Waals surface area contributed by atoms with Gasteiger partial charge >= 0.3 is 252 Å². The van der Waals surface area contributed by atoms with Gasteiger partial charge in [-0.15, -0.1) is 0 Å². The van der Waals surface area contributed by atoms with Crippen LogP contribution in [0.1, 0.15) is 53.2 Å². The number of para-hydroxylation sites is 2. The summed E-state index contributed by atoms with van der Waals surface area (Å²) >= 11 is -0.582. The van der Waals surface area contributed by atoms with Crippen LogP contribution in [0.2, 0.25) is 0 Å². The smallest absolute Gasteiger partial charge is 1.00 e. The fourth-order valence-electron chi connectivity index (χ4n) is 7.24. The van der Waals surface area contributed by atoms with Crippen molar-refractivity contribution in [3.63, 3.8) is 0 Å². The molecule has 43 heavy (non-hydrogen) atoms. The zero-order valence-corrected chi connectivity index (χ0v) is 27.8. The standard InChI is InChI=1S/2C19H16N.2ClH.Ti/c2*1-13-14(2)20(19-10-6-5-9-18(13)19)17-11-15-7-3-4-8-16(15)12-17;;;/h2*3-12H,1-2H3;2*1H;/q;;;;+2/p-2. The molecule has 0 amide bonds. The molecule has 0 spiro atoms. The molecular formula is C38H32Cl2N2Ti. The summed E-state index contributed by atoms with van der Waals surface area (Å²) in [6.07, 6.45) is 4.96. The van der Waals surface area contributed by atoms with Crippen LogP contribution in [0.3, 0.4) is 0 Å². The number of nitrogens with zero attached hydrogens (tertiary/aromatic N) is 2. The van der Waals surface area contributed by atoms with Gasteiger partial charge in [-0.25, -0.2) is 0 Å². The Kier molecular flexibility index (Phi) is 7.86. The molecule has 6 aromatic rings. The van der Waals surface area contributed by atoms with Gasteiger partial charge in [-0.3, -0.25) is 0 Å². The number of hydrogen-bond acceptors (Lipinski definition) is 0. The normalized spacial score (nSPS) is 16.7. The van der Waals surface area contributed by atoms with Gasteiger partial charge < -0.3 is 24.8 Å². The molecule has 2 aliphatic carbocycles. The first kappa shape index (κ1) is 29.8. The van der Waals surface area contributed by atoms with Crippen LogP contribution in [0, 0.1) is 27.7 Å². The number of aryl methyl sites for hydroxylation is 2. The molecule has 8 rings (SSSR count). The van der Waals surface area contributed by atoms with E-state index in [0.29, 0.717) is 8.45 Å². The van der Waals surface area contributed by atoms with Crippen LogP contribution in [0.25, 0.3) is 45.4 Å². The molecular weight excluding hydrogens is 603 g/mol. The summed E-state index contributed by atoms with van der Waals surface area (Å²) in [4.78, 5) is 0. The van der Waals surface area contributed by atoms with Gasteiger partial charge in [-0.05, 0) is 0 Å². The molecule has 0 N–H and O–H groups in total. The quantitative estimate of drug-likeness (QED) is 0.262. The van der Waals surface area contributed by atoms with Crippen molar-refractivity contribution in [2.75, 3.05) is 0 Å². The molecule has 0 saturated heterocycles. The predicted molar refractivity (Wildman–Crippen MR) is 170 cm³/mol. The number of benzene rings is 4. The van der Waals surface area contributed by atoms with Crippen LogP contribution < -0.4 is 24.8 Å². The summed E-state index contributed by atoms with van der Waals surface area (Å²) < 4.78 is 5.96. The van der Waals surface area contributed by atoms with E-state index in [1.165, 1.54) is 78.0 Å². The third-order valence-electron chi connectivity index (χ3n) is 9.52. The SMILES string of the molecule is Cc1c(C)n(C2=Cc3ccccc3[CH]2[Ti+2][CH]2C(n3c(C)c(C)c4ccccc43)=Cc3ccccc32)c2ccccc12.[Cl-].[Cl-]. The Morgan fingerprint density at radius 1 is 0.488 bits per heavy atom. The van der Waals surface area contributed by atoms with E-state index in [1.54, 1.807) is 0 Å². The van der Waals surface area contributed by atoms with E-state index in [0.717, 1.165) is 0 Å². The van der Waals surface area contributed by atoms with Gasteiger partial charge in [0.2, 0.25) is 0 Å². The molecule has 4 aromatic carbocycles. The molecule has 2 nitrogen and oxygen atoms in total. The monoisotopic (exact) mass is 634 g/mol. The number of allylic oxidation sites excluding steroid dienone is 2. The van der Waals surface area contributed by atoms with Crippen LogP contribution in [-0.2, 0) is 19.2 Å². The van der Waals surface area contributed by atoms with Crippen LogP contribution >= 0.6 is 0 Å². The number of hydrogen-bond donors (Lipinski definition) is 0. The second-order valence-corrected chi connectivity index (χ2v) is 13.9. The van der Waals surface area contributed by atoms with E-state index in [1.807, 2.05) is 0 Å². The Morgan fingerprint density at radius 2 is 0.860 bits per heavy atom. The van der Waals surface area contributed by atoms with E-state index in [9.17, 15) is 0 Å². The van der Waals surface area contributed by atoms with Crippen molar-refractivity contribution in [2.24, 2.45) is 0 Å². The summed E-state index contributed by atoms with van der Waals surface area (Å²) in [5.74, 6) is 0. The Bertz CT molecular complexity index is 1950. The van der Waals surface area contributed by atoms with Crippen LogP contribution in [0.5, 0.6) is 0 Å². The molecule has 212 valence electrons. The Balaban J connectivity index is 0.00000165. The first-order valence-electron chi connectivity index (χ1n) is 14.5. The van der Waals surface area contributed by atoms with E-state index < -0.39 is 19.2 Å². The van der Waals surface area contributed by atoms with E-state index in [4.69, 9.17) is 0 Å². The molecule has 0 saturated carbocycles. The van der Waals surface area contributed by atoms with E-state index in [2.05, 4.69) is 146 Å². The molecule has 2 atom stereocenters. The van der Waals surface area contributed by atoms with Gasteiger partial charge in [-0.1, -0.05) is 0 Å². The van der Waals surface area contributed by atoms with Crippen molar-refractivity contribution in [1.29, 1.82) is 0 Å². The topological polar surface area (TPSA) is 9.86 Å². The zero-order valence-electron chi connectivity index (χ0n) is 24.7. The van der Waals surface area contributed by atoms with Gasteiger partial charge in [0.15, 0.2) is 0 Å². The average molecular weight is 635 g/mol. The maximum absolute atomic E-state index is 2.57. The van der Waals surface area contributed by atoms with Crippen molar-refractivity contribution in [2.45, 2.75) is 36.1 Å². The van der Waals surface area contributed by atoms with Crippen molar-refractivity contribution in [3.8, 4) is 0 Å². The van der Waals surface area contributed by atoms with Crippen molar-refractivity contribution in [1.82, 2.24) is 9.13 Å². The summed E-state index contributed by atoms with van der Waals surface area (Å²) in [5.41, 5.74) is 16.7. The van der Waals surface area contributed by atoms with Crippen molar-refractivity contribution in [3.05, 3.63) is 142 Å². The summed E-state index contributed by atoms with van der Waals surface area (Å²) in [6.45, 7) is 9.14. The second-order valence-electron chi connectivity index (χ2n) is 11.6. The minimum absolute atomic E-state index is 0. The molecule has 0 fully saturated rings. The average Bonchev–Trinajstić information content (AvgIpc) is 3.69. The van der Waals surface area contributed by atoms with Crippen LogP contribution in [0.4, 0.5) is 0 Å². The number of halogens is 2. The maximum atomic E-state index is 2.57. The van der Waals surface area contributed by atoms with Gasteiger partial charge in [0.1, 0.15) is 0 Å². The molecule has 5 heteroatoms. The van der Waals surface area contributed by atoms with Crippen LogP contribution in [-0.4, -0.2) is 9.13 Å². The van der Waals surface area contributed by atoms with Crippen molar-refractivity contribution < 1.29 is 44.0 Å². The molecule has 2 aromatic heterocycles. The number of fused-ring (bicyclic) bond motifs is 4. The number of aromatic nitrogens is 2. The van der Waals surface area contributed by atoms with Crippen LogP contribution in [0.15, 0.2) is 97.1 Å². The number of rotatable bonds is 4. The summed E-state index contributed by atoms with van der Waals surface area (Å²) in [5, 5.41) is 2.72. The first-order valence-corrected chi connectivity index (χ1v) is 16.3. The fourth-order valence-corrected chi connectivity index (χ4v) is 10.3. The second kappa shape index (κ2) is 11.3. The first-order chi connectivity index (χ1) is 20.0. The van der Waals surface area contributed by atoms with E-state index in [-0.39, 0.29) is 24.8 Å². The Morgan fingerprint density at radius 3 is 1.30 bits per heavy atom. The predicted octanol–water partition coefficient (Wildman–Crippen LogP) is 3.73. The van der Waals surface area contributed by atoms with Gasteiger partial charge in [0.05, 0.1) is 0 Å². The minimum Gasteiger partial charge on any atom is -1.00 e. The molecule has 0 radical (unpaired) electrons. The Hall–Kier alpha value is -3.27. The van der Waals surface area contributed by atoms with Gasteiger partial charge in [-0.2, -0.15) is 0 Å². The summed E-state index contributed by atoms with van der Waals surface area (Å²) in [6, 6.07) is 36.1. The van der Waals surface area contributed by atoms with Crippen molar-refractivity contribution >= 4 is 45.4 Å². The third kappa shape index (κ3) is 4.42. The maximum Gasteiger partial charge on any atom is -1.00 e. The summed E-state index contributed by atoms with van der Waals surface area (Å²) in [7, 11) is 0. The van der Waals surface area contributed by atoms with E-state index >= 15 is 0 Å². The molecule has 0 aliphatic heterocycles. The molecule has 0 bridgehead atoms. The minimum atomic E-state index is -0.582. The fraction of sp³-hybridized carbons (Fsp3) is 0.158. The third-order valence-corrected chi connectivity index (χ3v) is 12.5. The largest absolute Gasteiger partial charge is 1.00 e.